The summed E-state index contributed by atoms with van der Waals surface area (Å²) in [6, 6.07) is 20.6. The van der Waals surface area contributed by atoms with Crippen molar-refractivity contribution in [3.8, 4) is 0 Å². The molecule has 0 spiro atoms. The van der Waals surface area contributed by atoms with Crippen LogP contribution in [0.1, 0.15) is 45.8 Å². The van der Waals surface area contributed by atoms with E-state index in [2.05, 4.69) is 80.4 Å². The molecule has 2 saturated heterocycles. The van der Waals surface area contributed by atoms with E-state index >= 15 is 0 Å². The first-order valence-corrected chi connectivity index (χ1v) is 14.5. The number of carbonyl (C=O) groups is 1. The van der Waals surface area contributed by atoms with Gasteiger partial charge in [-0.05, 0) is 85.9 Å². The minimum atomic E-state index is -0.506. The van der Waals surface area contributed by atoms with Gasteiger partial charge < -0.3 is 14.4 Å². The second kappa shape index (κ2) is 12.2. The summed E-state index contributed by atoms with van der Waals surface area (Å²) in [5, 5.41) is 3.60. The van der Waals surface area contributed by atoms with Gasteiger partial charge in [-0.2, -0.15) is 0 Å². The van der Waals surface area contributed by atoms with Gasteiger partial charge in [-0.1, -0.05) is 30.3 Å². The molecule has 0 unspecified atom stereocenters. The van der Waals surface area contributed by atoms with Crippen LogP contribution in [-0.4, -0.2) is 71.6 Å². The Balaban J connectivity index is 1.07. The molecule has 0 aliphatic carbocycles. The molecule has 9 heteroatoms. The molecule has 0 saturated carbocycles. The quantitative estimate of drug-likeness (QED) is 0.254. The Morgan fingerprint density at radius 2 is 1.71 bits per heavy atom. The summed E-state index contributed by atoms with van der Waals surface area (Å²) >= 11 is 0. The van der Waals surface area contributed by atoms with Crippen molar-refractivity contribution in [2.75, 3.05) is 51.2 Å². The number of fused-ring (bicyclic) bond motifs is 1. The number of likely N-dealkylation sites (N-methyl/N-ethyl adjacent to an activating group) is 1. The molecular weight excluding hydrogens is 514 g/mol. The number of pyridine rings is 1. The molecular formula is C32H37N7O2. The van der Waals surface area contributed by atoms with Crippen molar-refractivity contribution in [3.63, 3.8) is 0 Å². The van der Waals surface area contributed by atoms with Gasteiger partial charge in [-0.15, -0.1) is 4.91 Å². The SMILES string of the molecule is CN1CCN(c2ccccc2CN2CCC(c3cnc4c(ccn4Cc4ccc(C(=O)NN=O)cc4)c3)CC2)CC1. The van der Waals surface area contributed by atoms with Crippen LogP contribution >= 0.6 is 0 Å². The molecule has 2 fully saturated rings. The number of hydrogen-bond acceptors (Lipinski definition) is 7. The van der Waals surface area contributed by atoms with Crippen LogP contribution in [0.25, 0.3) is 11.0 Å². The van der Waals surface area contributed by atoms with E-state index in [1.807, 2.05) is 17.6 Å². The lowest BCUT2D eigenvalue weighted by atomic mass is 9.90. The van der Waals surface area contributed by atoms with Gasteiger partial charge in [0.15, 0.2) is 0 Å². The van der Waals surface area contributed by atoms with Gasteiger partial charge in [-0.3, -0.25) is 9.69 Å². The van der Waals surface area contributed by atoms with Gasteiger partial charge in [0.25, 0.3) is 5.91 Å². The molecule has 2 aliphatic rings. The first-order valence-electron chi connectivity index (χ1n) is 14.5. The third-order valence-electron chi connectivity index (χ3n) is 8.63. The van der Waals surface area contributed by atoms with Crippen molar-refractivity contribution in [2.45, 2.75) is 31.8 Å². The summed E-state index contributed by atoms with van der Waals surface area (Å²) in [5.74, 6) is 0.0207. The smallest absolute Gasteiger partial charge is 0.273 e. The summed E-state index contributed by atoms with van der Waals surface area (Å²) < 4.78 is 2.13. The van der Waals surface area contributed by atoms with E-state index in [9.17, 15) is 9.70 Å². The first-order chi connectivity index (χ1) is 20.1. The number of piperidine rings is 1. The maximum Gasteiger partial charge on any atom is 0.273 e. The van der Waals surface area contributed by atoms with E-state index in [-0.39, 0.29) is 0 Å². The molecule has 0 atom stereocenters. The van der Waals surface area contributed by atoms with E-state index in [1.165, 1.54) is 16.8 Å². The number of nitrogens with one attached hydrogen (secondary N) is 1. The average molecular weight is 552 g/mol. The lowest BCUT2D eigenvalue weighted by Crippen LogP contribution is -2.45. The number of rotatable bonds is 8. The van der Waals surface area contributed by atoms with Gasteiger partial charge in [0.1, 0.15) is 5.65 Å². The number of nitrogens with zero attached hydrogens (tertiary/aromatic N) is 6. The number of anilines is 1. The Morgan fingerprint density at radius 3 is 2.46 bits per heavy atom. The number of aromatic nitrogens is 2. The minimum Gasteiger partial charge on any atom is -0.369 e. The Labute approximate surface area is 240 Å². The Hall–Kier alpha value is -4.08. The van der Waals surface area contributed by atoms with Crippen LogP contribution in [0.2, 0.25) is 0 Å². The number of carbonyl (C=O) groups excluding carboxylic acids is 1. The van der Waals surface area contributed by atoms with Crippen LogP contribution in [-0.2, 0) is 13.1 Å². The largest absolute Gasteiger partial charge is 0.369 e. The molecule has 212 valence electrons. The molecule has 4 heterocycles. The highest BCUT2D eigenvalue weighted by molar-refractivity contribution is 5.93. The molecule has 41 heavy (non-hydrogen) atoms. The lowest BCUT2D eigenvalue weighted by molar-refractivity contribution is 0.0954. The normalized spacial score (nSPS) is 17.1. The minimum absolute atomic E-state index is 0.402. The second-order valence-corrected chi connectivity index (χ2v) is 11.3. The Kier molecular flexibility index (Phi) is 8.07. The average Bonchev–Trinajstić information content (AvgIpc) is 3.40. The molecule has 2 aromatic heterocycles. The number of benzene rings is 2. The number of para-hydroxylation sites is 1. The highest BCUT2D eigenvalue weighted by Gasteiger charge is 2.23. The summed E-state index contributed by atoms with van der Waals surface area (Å²) in [7, 11) is 2.21. The third kappa shape index (κ3) is 6.16. The molecule has 9 nitrogen and oxygen atoms in total. The number of piperazine rings is 1. The zero-order chi connectivity index (χ0) is 28.2. The van der Waals surface area contributed by atoms with Crippen LogP contribution in [0.15, 0.2) is 78.3 Å². The zero-order valence-electron chi connectivity index (χ0n) is 23.6. The van der Waals surface area contributed by atoms with Crippen molar-refractivity contribution in [2.24, 2.45) is 5.29 Å². The van der Waals surface area contributed by atoms with E-state index in [4.69, 9.17) is 4.98 Å². The van der Waals surface area contributed by atoms with Crippen molar-refractivity contribution in [3.05, 3.63) is 100 Å². The van der Waals surface area contributed by atoms with Crippen molar-refractivity contribution in [1.29, 1.82) is 0 Å². The van der Waals surface area contributed by atoms with Gasteiger partial charge in [0.2, 0.25) is 0 Å². The van der Waals surface area contributed by atoms with Crippen molar-refractivity contribution >= 4 is 22.6 Å². The fourth-order valence-corrected chi connectivity index (χ4v) is 6.18. The summed E-state index contributed by atoms with van der Waals surface area (Å²) in [5.41, 5.74) is 8.50. The number of hydrogen-bond donors (Lipinski definition) is 1. The van der Waals surface area contributed by atoms with E-state index < -0.39 is 5.91 Å². The fraction of sp³-hybridized carbons (Fsp3) is 0.375. The standard InChI is InChI=1S/C32H37N7O2/c1-36-16-18-38(19-17-36)30-5-3-2-4-28(30)23-37-13-10-25(11-14-37)29-20-27-12-15-39(31(27)33-21-29)22-24-6-8-26(9-7-24)32(40)34-35-41/h2-9,12,15,20-21,25H,10-11,13-14,16-19,22-23H2,1H3,(H,34,40,41). The van der Waals surface area contributed by atoms with Gasteiger partial charge >= 0.3 is 0 Å². The van der Waals surface area contributed by atoms with E-state index in [0.717, 1.165) is 75.3 Å². The fourth-order valence-electron chi connectivity index (χ4n) is 6.18. The van der Waals surface area contributed by atoms with Gasteiger partial charge in [0.05, 0.1) is 5.29 Å². The monoisotopic (exact) mass is 551 g/mol. The van der Waals surface area contributed by atoms with Crippen LogP contribution in [0, 0.1) is 4.91 Å². The molecule has 1 amide bonds. The molecule has 2 aliphatic heterocycles. The topological polar surface area (TPSA) is 86.1 Å². The maximum absolute atomic E-state index is 11.8. The summed E-state index contributed by atoms with van der Waals surface area (Å²) in [4.78, 5) is 34.5. The predicted molar refractivity (Wildman–Crippen MR) is 162 cm³/mol. The molecule has 4 aromatic rings. The zero-order valence-corrected chi connectivity index (χ0v) is 23.6. The number of amides is 1. The number of likely N-dealkylation sites (tertiary alicyclic amines) is 1. The van der Waals surface area contributed by atoms with E-state index in [0.29, 0.717) is 18.0 Å². The second-order valence-electron chi connectivity index (χ2n) is 11.3. The van der Waals surface area contributed by atoms with Crippen LogP contribution in [0.5, 0.6) is 0 Å². The Bertz CT molecular complexity index is 1500. The van der Waals surface area contributed by atoms with Gasteiger partial charge in [-0.25, -0.2) is 10.4 Å². The third-order valence-corrected chi connectivity index (χ3v) is 8.63. The highest BCUT2D eigenvalue weighted by atomic mass is 16.3. The molecule has 0 bridgehead atoms. The molecule has 2 aromatic carbocycles. The number of nitroso groups, excluding NO2 is 1. The molecule has 1 N–H and O–H groups in total. The maximum atomic E-state index is 11.8. The van der Waals surface area contributed by atoms with Crippen molar-refractivity contribution in [1.82, 2.24) is 24.8 Å². The van der Waals surface area contributed by atoms with Crippen LogP contribution < -0.4 is 10.3 Å². The molecule has 6 rings (SSSR count). The first kappa shape index (κ1) is 27.1. The van der Waals surface area contributed by atoms with Gasteiger partial charge in [0, 0.05) is 68.3 Å². The summed E-state index contributed by atoms with van der Waals surface area (Å²) in [6.45, 7) is 8.28. The lowest BCUT2D eigenvalue weighted by Gasteiger charge is -2.37. The van der Waals surface area contributed by atoms with Crippen molar-refractivity contribution < 1.29 is 4.79 Å². The molecule has 0 radical (unpaired) electrons. The summed E-state index contributed by atoms with van der Waals surface area (Å²) in [6.07, 6.45) is 6.41. The van der Waals surface area contributed by atoms with Crippen LogP contribution in [0.4, 0.5) is 5.69 Å². The predicted octanol–water partition coefficient (Wildman–Crippen LogP) is 4.63. The Morgan fingerprint density at radius 1 is 0.951 bits per heavy atom. The highest BCUT2D eigenvalue weighted by Crippen LogP contribution is 2.31. The van der Waals surface area contributed by atoms with Crippen LogP contribution in [0.3, 0.4) is 0 Å². The van der Waals surface area contributed by atoms with E-state index in [1.54, 1.807) is 12.1 Å².